The van der Waals surface area contributed by atoms with Crippen molar-refractivity contribution in [2.45, 2.75) is 62.2 Å². The molecule has 3 rings (SSSR count). The highest BCUT2D eigenvalue weighted by Crippen LogP contribution is 2.30. The van der Waals surface area contributed by atoms with Gasteiger partial charge in [-0.2, -0.15) is 0 Å². The second-order valence-corrected chi connectivity index (χ2v) is 10.0. The van der Waals surface area contributed by atoms with Crippen LogP contribution in [0.1, 0.15) is 50.7 Å². The highest BCUT2D eigenvalue weighted by Gasteiger charge is 2.15. The molecular weight excluding hydrogens is 480 g/mol. The number of amides is 2. The van der Waals surface area contributed by atoms with Crippen LogP contribution in [-0.4, -0.2) is 31.7 Å². The Morgan fingerprint density at radius 3 is 2.14 bits per heavy atom. The fourth-order valence-electron chi connectivity index (χ4n) is 3.96. The molecule has 0 bridgehead atoms. The van der Waals surface area contributed by atoms with Crippen molar-refractivity contribution in [1.82, 2.24) is 5.32 Å². The Labute approximate surface area is 225 Å². The quantitative estimate of drug-likeness (QED) is 0.180. The first kappa shape index (κ1) is 28.3. The molecule has 6 heteroatoms. The van der Waals surface area contributed by atoms with Gasteiger partial charge < -0.3 is 10.1 Å². The molecule has 1 N–H and O–H groups in total. The molecule has 0 radical (unpaired) electrons. The molecule has 0 unspecified atom stereocenters. The summed E-state index contributed by atoms with van der Waals surface area (Å²) in [5, 5.41) is 3.11. The average Bonchev–Trinajstić information content (AvgIpc) is 2.91. The Kier molecular flexibility index (Phi) is 12.1. The van der Waals surface area contributed by atoms with Crippen LogP contribution in [-0.2, 0) is 22.4 Å². The van der Waals surface area contributed by atoms with Crippen molar-refractivity contribution in [3.63, 3.8) is 0 Å². The van der Waals surface area contributed by atoms with Gasteiger partial charge in [-0.25, -0.2) is 4.79 Å². The molecule has 0 fully saturated rings. The number of carbonyl (C=O) groups excluding carboxylic acids is 2. The summed E-state index contributed by atoms with van der Waals surface area (Å²) in [5.41, 5.74) is 3.03. The van der Waals surface area contributed by atoms with Crippen molar-refractivity contribution in [3.05, 3.63) is 90.0 Å². The molecule has 0 atom stereocenters. The van der Waals surface area contributed by atoms with E-state index >= 15 is 0 Å². The molecule has 0 aliphatic carbocycles. The molecule has 0 saturated carbocycles. The number of anilines is 1. The zero-order chi connectivity index (χ0) is 26.3. The molecule has 0 aliphatic rings. The molecule has 5 nitrogen and oxygen atoms in total. The van der Waals surface area contributed by atoms with Crippen LogP contribution < -0.4 is 10.2 Å². The molecule has 37 heavy (non-hydrogen) atoms. The van der Waals surface area contributed by atoms with Gasteiger partial charge in [0.1, 0.15) is 0 Å². The fourth-order valence-corrected chi connectivity index (χ4v) is 4.78. The van der Waals surface area contributed by atoms with E-state index in [0.29, 0.717) is 19.7 Å². The van der Waals surface area contributed by atoms with Crippen molar-refractivity contribution in [2.75, 3.05) is 24.6 Å². The van der Waals surface area contributed by atoms with E-state index in [1.54, 1.807) is 11.8 Å². The van der Waals surface area contributed by atoms with E-state index in [9.17, 15) is 9.59 Å². The van der Waals surface area contributed by atoms with Crippen LogP contribution in [0.2, 0.25) is 0 Å². The summed E-state index contributed by atoms with van der Waals surface area (Å²) in [6, 6.07) is 26.3. The van der Waals surface area contributed by atoms with E-state index in [0.717, 1.165) is 40.3 Å². The fraction of sp³-hybridized carbons (Fsp3) is 0.355. The van der Waals surface area contributed by atoms with Gasteiger partial charge in [-0.3, -0.25) is 9.69 Å². The third kappa shape index (κ3) is 9.96. The molecule has 3 aromatic rings. The minimum atomic E-state index is -0.208. The first-order valence-corrected chi connectivity index (χ1v) is 14.0. The van der Waals surface area contributed by atoms with E-state index in [1.807, 2.05) is 66.4 Å². The smallest absolute Gasteiger partial charge is 0.321 e. The lowest BCUT2D eigenvalue weighted by atomic mass is 10.1. The van der Waals surface area contributed by atoms with Gasteiger partial charge in [-0.05, 0) is 67.3 Å². The Morgan fingerprint density at radius 2 is 1.49 bits per heavy atom. The summed E-state index contributed by atoms with van der Waals surface area (Å²) in [4.78, 5) is 28.8. The van der Waals surface area contributed by atoms with Gasteiger partial charge in [-0.15, -0.1) is 0 Å². The Bertz CT molecular complexity index is 1090. The van der Waals surface area contributed by atoms with Crippen molar-refractivity contribution in [1.29, 1.82) is 0 Å². The molecular formula is C31H38N2O3S. The lowest BCUT2D eigenvalue weighted by Gasteiger charge is -2.24. The first-order valence-electron chi connectivity index (χ1n) is 13.2. The maximum Gasteiger partial charge on any atom is 0.321 e. The predicted molar refractivity (Wildman–Crippen MR) is 152 cm³/mol. The monoisotopic (exact) mass is 518 g/mol. The van der Waals surface area contributed by atoms with Crippen molar-refractivity contribution < 1.29 is 14.3 Å². The molecule has 3 aromatic carbocycles. The van der Waals surface area contributed by atoms with Gasteiger partial charge in [0.05, 0.1) is 13.0 Å². The number of unbranched alkanes of at least 4 members (excludes halogenated alkanes) is 3. The Hall–Kier alpha value is -3.25. The molecule has 0 aliphatic heterocycles. The number of hydrogen-bond acceptors (Lipinski definition) is 4. The van der Waals surface area contributed by atoms with Gasteiger partial charge in [0.25, 0.3) is 0 Å². The lowest BCUT2D eigenvalue weighted by molar-refractivity contribution is -0.142. The maximum atomic E-state index is 13.1. The Morgan fingerprint density at radius 1 is 0.811 bits per heavy atom. The molecule has 196 valence electrons. The number of urea groups is 1. The summed E-state index contributed by atoms with van der Waals surface area (Å²) < 4.78 is 5.02. The van der Waals surface area contributed by atoms with Crippen molar-refractivity contribution >= 4 is 29.4 Å². The number of ether oxygens (including phenoxy) is 1. The van der Waals surface area contributed by atoms with Crippen LogP contribution in [0.25, 0.3) is 0 Å². The summed E-state index contributed by atoms with van der Waals surface area (Å²) in [6.45, 7) is 5.70. The third-order valence-electron chi connectivity index (χ3n) is 5.98. The topological polar surface area (TPSA) is 58.6 Å². The van der Waals surface area contributed by atoms with Crippen LogP contribution in [0.15, 0.2) is 88.7 Å². The largest absolute Gasteiger partial charge is 0.466 e. The number of esters is 1. The molecule has 0 saturated heterocycles. The first-order chi connectivity index (χ1) is 18.1. The second-order valence-electron chi connectivity index (χ2n) is 8.90. The SMILES string of the molecule is CCCCCCNC(=O)N(CCc1ccccc1)c1ccc(Sc2ccc(CC(=O)OCC)cc2)cc1. The summed E-state index contributed by atoms with van der Waals surface area (Å²) in [6.07, 6.45) is 5.59. The van der Waals surface area contributed by atoms with E-state index in [1.165, 1.54) is 18.4 Å². The van der Waals surface area contributed by atoms with Gasteiger partial charge in [0.2, 0.25) is 0 Å². The van der Waals surface area contributed by atoms with Crippen LogP contribution in [0.4, 0.5) is 10.5 Å². The zero-order valence-corrected chi connectivity index (χ0v) is 22.8. The molecule has 0 spiro atoms. The standard InChI is InChI=1S/C31H38N2O3S/c1-3-5-6-10-22-32-31(35)33(23-21-25-11-8-7-9-12-25)27-15-19-29(20-16-27)37-28-17-13-26(14-18-28)24-30(34)36-4-2/h7-9,11-20H,3-6,10,21-24H2,1-2H3,(H,32,35). The van der Waals surface area contributed by atoms with E-state index in [2.05, 4.69) is 36.5 Å². The van der Waals surface area contributed by atoms with Crippen LogP contribution in [0.5, 0.6) is 0 Å². The summed E-state index contributed by atoms with van der Waals surface area (Å²) >= 11 is 1.65. The van der Waals surface area contributed by atoms with Gasteiger partial charge in [0.15, 0.2) is 0 Å². The van der Waals surface area contributed by atoms with E-state index in [-0.39, 0.29) is 18.4 Å². The number of hydrogen-bond donors (Lipinski definition) is 1. The summed E-state index contributed by atoms with van der Waals surface area (Å²) in [5.74, 6) is -0.208. The average molecular weight is 519 g/mol. The Balaban J connectivity index is 1.63. The van der Waals surface area contributed by atoms with Crippen molar-refractivity contribution in [2.24, 2.45) is 0 Å². The van der Waals surface area contributed by atoms with Crippen LogP contribution in [0, 0.1) is 0 Å². The third-order valence-corrected chi connectivity index (χ3v) is 7.00. The lowest BCUT2D eigenvalue weighted by Crippen LogP contribution is -2.41. The highest BCUT2D eigenvalue weighted by atomic mass is 32.2. The minimum absolute atomic E-state index is 0.0509. The van der Waals surface area contributed by atoms with Crippen LogP contribution in [0.3, 0.4) is 0 Å². The molecule has 0 aromatic heterocycles. The number of rotatable bonds is 14. The van der Waals surface area contributed by atoms with E-state index < -0.39 is 0 Å². The van der Waals surface area contributed by atoms with Crippen molar-refractivity contribution in [3.8, 4) is 0 Å². The number of nitrogens with one attached hydrogen (secondary N) is 1. The minimum Gasteiger partial charge on any atom is -0.466 e. The predicted octanol–water partition coefficient (Wildman–Crippen LogP) is 7.28. The highest BCUT2D eigenvalue weighted by molar-refractivity contribution is 7.99. The zero-order valence-electron chi connectivity index (χ0n) is 21.9. The maximum absolute atomic E-state index is 13.1. The summed E-state index contributed by atoms with van der Waals surface area (Å²) in [7, 11) is 0. The second kappa shape index (κ2) is 15.8. The van der Waals surface area contributed by atoms with E-state index in [4.69, 9.17) is 4.74 Å². The normalized spacial score (nSPS) is 10.6. The number of benzene rings is 3. The molecule has 0 heterocycles. The van der Waals surface area contributed by atoms with Crippen LogP contribution >= 0.6 is 11.8 Å². The van der Waals surface area contributed by atoms with Gasteiger partial charge in [-0.1, -0.05) is 80.4 Å². The number of nitrogens with zero attached hydrogens (tertiary/aromatic N) is 1. The van der Waals surface area contributed by atoms with Gasteiger partial charge in [0, 0.05) is 28.6 Å². The van der Waals surface area contributed by atoms with Gasteiger partial charge >= 0.3 is 12.0 Å². The molecule has 2 amide bonds. The number of carbonyl (C=O) groups is 2.